The first-order valence-corrected chi connectivity index (χ1v) is 12.5. The maximum Gasteiger partial charge on any atom is 0.234 e. The fraction of sp³-hybridized carbons (Fsp3) is 0.222. The highest BCUT2D eigenvalue weighted by Crippen LogP contribution is 2.30. The minimum Gasteiger partial charge on any atom is -0.355 e. The summed E-state index contributed by atoms with van der Waals surface area (Å²) in [5.41, 5.74) is 2.95. The molecule has 0 bridgehead atoms. The van der Waals surface area contributed by atoms with Crippen LogP contribution < -0.4 is 5.32 Å². The highest BCUT2D eigenvalue weighted by molar-refractivity contribution is 8.15. The van der Waals surface area contributed by atoms with Crippen molar-refractivity contribution in [3.63, 3.8) is 0 Å². The number of aliphatic imine (C=N–C) groups is 1. The first-order valence-electron chi connectivity index (χ1n) is 11.3. The highest BCUT2D eigenvalue weighted by atomic mass is 35.5. The highest BCUT2D eigenvalue weighted by Gasteiger charge is 2.35. The van der Waals surface area contributed by atoms with Gasteiger partial charge >= 0.3 is 0 Å². The van der Waals surface area contributed by atoms with Crippen LogP contribution >= 0.6 is 23.4 Å². The number of amides is 2. The predicted octanol–water partition coefficient (Wildman–Crippen LogP) is 5.26. The minimum absolute atomic E-state index is 0.0985. The molecular weight excluding hydrogens is 466 g/mol. The Morgan fingerprint density at radius 1 is 0.971 bits per heavy atom. The molecule has 0 spiro atoms. The Labute approximate surface area is 209 Å². The number of nitrogens with one attached hydrogen (secondary N) is 1. The van der Waals surface area contributed by atoms with Crippen LogP contribution in [-0.2, 0) is 22.4 Å². The summed E-state index contributed by atoms with van der Waals surface area (Å²) in [6, 6.07) is 27.2. The molecule has 7 heteroatoms. The third-order valence-electron chi connectivity index (χ3n) is 5.49. The molecule has 1 aliphatic rings. The monoisotopic (exact) mass is 491 g/mol. The maximum atomic E-state index is 13.1. The summed E-state index contributed by atoms with van der Waals surface area (Å²) in [5, 5.41) is 3.56. The van der Waals surface area contributed by atoms with Gasteiger partial charge in [0.05, 0.1) is 10.9 Å². The smallest absolute Gasteiger partial charge is 0.234 e. The van der Waals surface area contributed by atoms with Crippen molar-refractivity contribution in [3.05, 3.63) is 101 Å². The lowest BCUT2D eigenvalue weighted by Gasteiger charge is -2.32. The number of hydrogen-bond donors (Lipinski definition) is 1. The van der Waals surface area contributed by atoms with E-state index in [1.54, 1.807) is 17.0 Å². The van der Waals surface area contributed by atoms with Crippen LogP contribution in [0.5, 0.6) is 0 Å². The molecule has 0 saturated carbocycles. The Kier molecular flexibility index (Phi) is 8.39. The first-order chi connectivity index (χ1) is 16.6. The number of hydrogen-bond acceptors (Lipinski definition) is 4. The standard InChI is InChI=1S/C27H26ClN3O2S/c28-22-12-7-13-23(18-22)30-27-31(17-15-21-10-5-2-6-11-21)25(32)19-24(34-27)26(33)29-16-14-20-8-3-1-4-9-20/h1-13,18,24H,14-17,19H2,(H,29,33). The topological polar surface area (TPSA) is 61.8 Å². The summed E-state index contributed by atoms with van der Waals surface area (Å²) in [6.45, 7) is 1.02. The molecule has 1 N–H and O–H groups in total. The zero-order valence-corrected chi connectivity index (χ0v) is 20.3. The average Bonchev–Trinajstić information content (AvgIpc) is 2.84. The van der Waals surface area contributed by atoms with E-state index in [0.29, 0.717) is 35.4 Å². The van der Waals surface area contributed by atoms with Gasteiger partial charge in [0.15, 0.2) is 5.17 Å². The van der Waals surface area contributed by atoms with Crippen molar-refractivity contribution in [2.24, 2.45) is 4.99 Å². The third-order valence-corrected chi connectivity index (χ3v) is 6.91. The van der Waals surface area contributed by atoms with E-state index in [4.69, 9.17) is 16.6 Å². The number of carbonyl (C=O) groups excluding carboxylic acids is 2. The molecule has 1 atom stereocenters. The largest absolute Gasteiger partial charge is 0.355 e. The third kappa shape index (κ3) is 6.72. The molecule has 0 aliphatic carbocycles. The zero-order valence-electron chi connectivity index (χ0n) is 18.7. The Balaban J connectivity index is 1.46. The van der Waals surface area contributed by atoms with Gasteiger partial charge in [-0.15, -0.1) is 0 Å². The lowest BCUT2D eigenvalue weighted by atomic mass is 10.1. The number of amidine groups is 1. The summed E-state index contributed by atoms with van der Waals surface area (Å²) >= 11 is 7.47. The maximum absolute atomic E-state index is 13.1. The Bertz CT molecular complexity index is 1150. The van der Waals surface area contributed by atoms with Gasteiger partial charge in [0.1, 0.15) is 0 Å². The van der Waals surface area contributed by atoms with Gasteiger partial charge in [-0.05, 0) is 42.2 Å². The molecule has 5 nitrogen and oxygen atoms in total. The van der Waals surface area contributed by atoms with Gasteiger partial charge in [0, 0.05) is 24.5 Å². The van der Waals surface area contributed by atoms with E-state index in [-0.39, 0.29) is 18.2 Å². The Morgan fingerprint density at radius 2 is 1.65 bits per heavy atom. The van der Waals surface area contributed by atoms with Gasteiger partial charge in [-0.1, -0.05) is 90.1 Å². The fourth-order valence-corrected chi connectivity index (χ4v) is 5.03. The second kappa shape index (κ2) is 11.9. The number of carbonyl (C=O) groups is 2. The Hall–Kier alpha value is -3.09. The van der Waals surface area contributed by atoms with Crippen molar-refractivity contribution in [1.82, 2.24) is 10.2 Å². The molecule has 1 unspecified atom stereocenters. The number of benzene rings is 3. The molecule has 1 heterocycles. The van der Waals surface area contributed by atoms with Gasteiger partial charge in [-0.25, -0.2) is 4.99 Å². The van der Waals surface area contributed by atoms with E-state index >= 15 is 0 Å². The van der Waals surface area contributed by atoms with Gasteiger partial charge in [0.2, 0.25) is 11.8 Å². The van der Waals surface area contributed by atoms with Crippen molar-refractivity contribution in [2.75, 3.05) is 13.1 Å². The van der Waals surface area contributed by atoms with Gasteiger partial charge in [0.25, 0.3) is 0 Å². The molecule has 0 aromatic heterocycles. The van der Waals surface area contributed by atoms with Crippen molar-refractivity contribution in [3.8, 4) is 0 Å². The van der Waals surface area contributed by atoms with E-state index in [1.807, 2.05) is 72.8 Å². The van der Waals surface area contributed by atoms with E-state index in [9.17, 15) is 9.59 Å². The van der Waals surface area contributed by atoms with Crippen LogP contribution in [0.1, 0.15) is 17.5 Å². The van der Waals surface area contributed by atoms with Crippen molar-refractivity contribution in [1.29, 1.82) is 0 Å². The van der Waals surface area contributed by atoms with E-state index in [0.717, 1.165) is 17.5 Å². The molecule has 174 valence electrons. The number of nitrogens with zero attached hydrogens (tertiary/aromatic N) is 2. The lowest BCUT2D eigenvalue weighted by Crippen LogP contribution is -2.47. The van der Waals surface area contributed by atoms with Gasteiger partial charge < -0.3 is 5.32 Å². The normalized spacial score (nSPS) is 17.1. The average molecular weight is 492 g/mol. The Morgan fingerprint density at radius 3 is 2.32 bits per heavy atom. The van der Waals surface area contributed by atoms with Crippen molar-refractivity contribution >= 4 is 46.0 Å². The van der Waals surface area contributed by atoms with Crippen molar-refractivity contribution < 1.29 is 9.59 Å². The summed E-state index contributed by atoms with van der Waals surface area (Å²) in [7, 11) is 0. The molecule has 1 aliphatic heterocycles. The molecule has 2 amide bonds. The van der Waals surface area contributed by atoms with Crippen LogP contribution in [0.4, 0.5) is 5.69 Å². The predicted molar refractivity (Wildman–Crippen MR) is 140 cm³/mol. The van der Waals surface area contributed by atoms with E-state index in [1.165, 1.54) is 11.8 Å². The van der Waals surface area contributed by atoms with E-state index in [2.05, 4.69) is 5.32 Å². The molecule has 3 aromatic carbocycles. The molecule has 1 saturated heterocycles. The van der Waals surface area contributed by atoms with Crippen LogP contribution in [0.3, 0.4) is 0 Å². The van der Waals surface area contributed by atoms with Gasteiger partial charge in [-0.3, -0.25) is 14.5 Å². The molecule has 34 heavy (non-hydrogen) atoms. The van der Waals surface area contributed by atoms with Crippen LogP contribution in [-0.4, -0.2) is 40.2 Å². The first kappa shape index (κ1) is 24.0. The molecular formula is C27H26ClN3O2S. The van der Waals surface area contributed by atoms with Crippen LogP contribution in [0.25, 0.3) is 0 Å². The van der Waals surface area contributed by atoms with Gasteiger partial charge in [-0.2, -0.15) is 0 Å². The SMILES string of the molecule is O=C(NCCc1ccccc1)C1CC(=O)N(CCc2ccccc2)C(=Nc2cccc(Cl)c2)S1. The lowest BCUT2D eigenvalue weighted by molar-refractivity contribution is -0.130. The number of halogens is 1. The van der Waals surface area contributed by atoms with Crippen LogP contribution in [0.15, 0.2) is 89.9 Å². The fourth-order valence-electron chi connectivity index (χ4n) is 3.69. The zero-order chi connectivity index (χ0) is 23.8. The van der Waals surface area contributed by atoms with E-state index < -0.39 is 5.25 Å². The summed E-state index contributed by atoms with van der Waals surface area (Å²) in [4.78, 5) is 32.4. The summed E-state index contributed by atoms with van der Waals surface area (Å²) < 4.78 is 0. The second-order valence-electron chi connectivity index (χ2n) is 7.99. The minimum atomic E-state index is -0.519. The summed E-state index contributed by atoms with van der Waals surface area (Å²) in [5.74, 6) is -0.241. The quantitative estimate of drug-likeness (QED) is 0.467. The molecule has 1 fully saturated rings. The van der Waals surface area contributed by atoms with Crippen molar-refractivity contribution in [2.45, 2.75) is 24.5 Å². The second-order valence-corrected chi connectivity index (χ2v) is 9.60. The van der Waals surface area contributed by atoms with Crippen LogP contribution in [0, 0.1) is 0 Å². The van der Waals surface area contributed by atoms with Crippen LogP contribution in [0.2, 0.25) is 5.02 Å². The number of thioether (sulfide) groups is 1. The summed E-state index contributed by atoms with van der Waals surface area (Å²) in [6.07, 6.45) is 1.59. The number of rotatable bonds is 8. The molecule has 4 rings (SSSR count). The molecule has 0 radical (unpaired) electrons. The molecule has 3 aromatic rings.